The van der Waals surface area contributed by atoms with Gasteiger partial charge in [0.2, 0.25) is 5.91 Å². The first-order valence-corrected chi connectivity index (χ1v) is 7.26. The lowest BCUT2D eigenvalue weighted by Gasteiger charge is -2.22. The highest BCUT2D eigenvalue weighted by molar-refractivity contribution is 6.00. The summed E-state index contributed by atoms with van der Waals surface area (Å²) in [6.45, 7) is 4.15. The first kappa shape index (κ1) is 15.3. The molecule has 1 heterocycles. The maximum absolute atomic E-state index is 12.1. The van der Waals surface area contributed by atoms with Crippen molar-refractivity contribution >= 4 is 18.0 Å². The molecule has 1 aliphatic rings. The van der Waals surface area contributed by atoms with Gasteiger partial charge in [0, 0.05) is 24.0 Å². The molecule has 2 rings (SSSR count). The first-order chi connectivity index (χ1) is 10.0. The molecule has 0 aliphatic carbocycles. The Labute approximate surface area is 125 Å². The number of ether oxygens (including phenoxy) is 1. The molecule has 1 amide bonds. The van der Waals surface area contributed by atoms with E-state index in [0.717, 1.165) is 11.1 Å². The number of benzene rings is 1. The summed E-state index contributed by atoms with van der Waals surface area (Å²) in [6.07, 6.45) is 3.44. The molecular weight excluding hydrogens is 266 g/mol. The lowest BCUT2D eigenvalue weighted by atomic mass is 9.92. The third kappa shape index (κ3) is 4.18. The molecule has 0 spiro atoms. The molecule has 1 atom stereocenters. The van der Waals surface area contributed by atoms with E-state index in [0.29, 0.717) is 25.9 Å². The van der Waals surface area contributed by atoms with Crippen LogP contribution in [-0.4, -0.2) is 24.0 Å². The van der Waals surface area contributed by atoms with Crippen LogP contribution in [0.1, 0.15) is 38.7 Å². The average Bonchev–Trinajstić information content (AvgIpc) is 2.73. The second kappa shape index (κ2) is 6.57. The van der Waals surface area contributed by atoms with Crippen molar-refractivity contribution in [2.75, 3.05) is 6.61 Å². The highest BCUT2D eigenvalue weighted by Gasteiger charge is 2.36. The number of rotatable bonds is 5. The Morgan fingerprint density at radius 2 is 2.10 bits per heavy atom. The van der Waals surface area contributed by atoms with Gasteiger partial charge in [-0.15, -0.1) is 0 Å². The predicted molar refractivity (Wildman–Crippen MR) is 81.5 cm³/mol. The van der Waals surface area contributed by atoms with Crippen LogP contribution >= 0.6 is 0 Å². The van der Waals surface area contributed by atoms with E-state index in [4.69, 9.17) is 4.74 Å². The van der Waals surface area contributed by atoms with E-state index < -0.39 is 0 Å². The van der Waals surface area contributed by atoms with E-state index in [1.54, 1.807) is 6.92 Å². The van der Waals surface area contributed by atoms with Gasteiger partial charge in [-0.05, 0) is 31.9 Å². The molecule has 1 aromatic rings. The van der Waals surface area contributed by atoms with Crippen molar-refractivity contribution in [2.24, 2.45) is 0 Å². The summed E-state index contributed by atoms with van der Waals surface area (Å²) in [4.78, 5) is 23.5. The van der Waals surface area contributed by atoms with E-state index in [1.165, 1.54) is 0 Å². The lowest BCUT2D eigenvalue weighted by molar-refractivity contribution is -0.143. The van der Waals surface area contributed by atoms with E-state index in [9.17, 15) is 9.59 Å². The molecule has 0 radical (unpaired) electrons. The van der Waals surface area contributed by atoms with Crippen LogP contribution < -0.4 is 5.32 Å². The molecule has 4 nitrogen and oxygen atoms in total. The maximum Gasteiger partial charge on any atom is 0.305 e. The van der Waals surface area contributed by atoms with Gasteiger partial charge < -0.3 is 10.1 Å². The summed E-state index contributed by atoms with van der Waals surface area (Å²) >= 11 is 0. The van der Waals surface area contributed by atoms with Gasteiger partial charge in [0.1, 0.15) is 0 Å². The fourth-order valence-corrected chi connectivity index (χ4v) is 2.53. The van der Waals surface area contributed by atoms with Gasteiger partial charge in [-0.1, -0.05) is 30.3 Å². The summed E-state index contributed by atoms with van der Waals surface area (Å²) in [5, 5.41) is 2.98. The van der Waals surface area contributed by atoms with Crippen molar-refractivity contribution in [3.63, 3.8) is 0 Å². The van der Waals surface area contributed by atoms with Crippen LogP contribution in [0.25, 0.3) is 6.08 Å². The van der Waals surface area contributed by atoms with Gasteiger partial charge in [-0.3, -0.25) is 9.59 Å². The van der Waals surface area contributed by atoms with Crippen LogP contribution in [0.4, 0.5) is 0 Å². The molecule has 1 saturated heterocycles. The molecule has 0 aromatic heterocycles. The number of amides is 1. The topological polar surface area (TPSA) is 55.4 Å². The summed E-state index contributed by atoms with van der Waals surface area (Å²) in [7, 11) is 0. The number of carbonyl (C=O) groups excluding carboxylic acids is 2. The summed E-state index contributed by atoms with van der Waals surface area (Å²) < 4.78 is 4.93. The van der Waals surface area contributed by atoms with Crippen molar-refractivity contribution in [1.82, 2.24) is 5.32 Å². The van der Waals surface area contributed by atoms with Crippen LogP contribution in [0.3, 0.4) is 0 Å². The Morgan fingerprint density at radius 3 is 2.76 bits per heavy atom. The van der Waals surface area contributed by atoms with Gasteiger partial charge >= 0.3 is 5.97 Å². The minimum Gasteiger partial charge on any atom is -0.466 e. The zero-order valence-electron chi connectivity index (χ0n) is 12.5. The first-order valence-electron chi connectivity index (χ1n) is 7.26. The number of hydrogen-bond donors (Lipinski definition) is 1. The van der Waals surface area contributed by atoms with Crippen LogP contribution in [-0.2, 0) is 14.3 Å². The third-order valence-corrected chi connectivity index (χ3v) is 3.61. The Morgan fingerprint density at radius 1 is 1.38 bits per heavy atom. The zero-order valence-corrected chi connectivity index (χ0v) is 12.5. The van der Waals surface area contributed by atoms with Gasteiger partial charge in [0.25, 0.3) is 0 Å². The molecule has 1 aliphatic heterocycles. The quantitative estimate of drug-likeness (QED) is 0.669. The zero-order chi connectivity index (χ0) is 15.3. The van der Waals surface area contributed by atoms with Crippen LogP contribution in [0, 0.1) is 0 Å². The molecule has 0 saturated carbocycles. The molecule has 0 bridgehead atoms. The van der Waals surface area contributed by atoms with Crippen molar-refractivity contribution < 1.29 is 14.3 Å². The summed E-state index contributed by atoms with van der Waals surface area (Å²) in [5.41, 5.74) is 1.40. The fraction of sp³-hybridized carbons (Fsp3) is 0.412. The minimum absolute atomic E-state index is 0.0507. The van der Waals surface area contributed by atoms with Gasteiger partial charge in [-0.25, -0.2) is 0 Å². The van der Waals surface area contributed by atoms with Crippen molar-refractivity contribution in [3.8, 4) is 0 Å². The maximum atomic E-state index is 12.1. The highest BCUT2D eigenvalue weighted by Crippen LogP contribution is 2.30. The monoisotopic (exact) mass is 287 g/mol. The smallest absolute Gasteiger partial charge is 0.305 e. The highest BCUT2D eigenvalue weighted by atomic mass is 16.5. The van der Waals surface area contributed by atoms with Crippen LogP contribution in [0.15, 0.2) is 35.9 Å². The van der Waals surface area contributed by atoms with Crippen molar-refractivity contribution in [2.45, 2.75) is 38.6 Å². The molecule has 1 fully saturated rings. The summed E-state index contributed by atoms with van der Waals surface area (Å²) in [5.74, 6) is -0.265. The largest absolute Gasteiger partial charge is 0.466 e. The Balaban J connectivity index is 2.01. The normalized spacial score (nSPS) is 23.1. The van der Waals surface area contributed by atoms with E-state index >= 15 is 0 Å². The Bertz CT molecular complexity index is 550. The minimum atomic E-state index is -0.371. The van der Waals surface area contributed by atoms with Crippen molar-refractivity contribution in [3.05, 3.63) is 41.5 Å². The number of nitrogens with one attached hydrogen (secondary N) is 1. The SMILES string of the molecule is CCOC(=O)CCC1(C)C/C(=C\c2ccccc2)C(=O)N1. The van der Waals surface area contributed by atoms with E-state index in [2.05, 4.69) is 5.32 Å². The summed E-state index contributed by atoms with van der Waals surface area (Å²) in [6, 6.07) is 9.77. The Kier molecular flexibility index (Phi) is 4.78. The van der Waals surface area contributed by atoms with E-state index in [1.807, 2.05) is 43.3 Å². The van der Waals surface area contributed by atoms with Gasteiger partial charge in [0.15, 0.2) is 0 Å². The molecular formula is C17H21NO3. The molecule has 1 unspecified atom stereocenters. The predicted octanol–water partition coefficient (Wildman–Crippen LogP) is 2.69. The second-order valence-corrected chi connectivity index (χ2v) is 5.58. The number of carbonyl (C=O) groups is 2. The third-order valence-electron chi connectivity index (χ3n) is 3.61. The van der Waals surface area contributed by atoms with E-state index in [-0.39, 0.29) is 17.4 Å². The molecule has 1 N–H and O–H groups in total. The lowest BCUT2D eigenvalue weighted by Crippen LogP contribution is -2.38. The number of esters is 1. The van der Waals surface area contributed by atoms with Crippen molar-refractivity contribution in [1.29, 1.82) is 0 Å². The van der Waals surface area contributed by atoms with Gasteiger partial charge in [-0.2, -0.15) is 0 Å². The molecule has 21 heavy (non-hydrogen) atoms. The van der Waals surface area contributed by atoms with Crippen LogP contribution in [0.5, 0.6) is 0 Å². The molecule has 112 valence electrons. The number of hydrogen-bond acceptors (Lipinski definition) is 3. The average molecular weight is 287 g/mol. The van der Waals surface area contributed by atoms with Gasteiger partial charge in [0.05, 0.1) is 6.61 Å². The Hall–Kier alpha value is -2.10. The standard InChI is InChI=1S/C17H21NO3/c1-3-21-15(19)9-10-17(2)12-14(16(20)18-17)11-13-7-5-4-6-8-13/h4-8,11H,3,9-10,12H2,1-2H3,(H,18,20)/b14-11+. The fourth-order valence-electron chi connectivity index (χ4n) is 2.53. The second-order valence-electron chi connectivity index (χ2n) is 5.58. The molecule has 1 aromatic carbocycles. The molecule has 4 heteroatoms. The van der Waals surface area contributed by atoms with Crippen LogP contribution in [0.2, 0.25) is 0 Å².